The van der Waals surface area contributed by atoms with Gasteiger partial charge in [0.05, 0.1) is 26.4 Å². The molecule has 101 heavy (non-hydrogen) atoms. The van der Waals surface area contributed by atoms with Gasteiger partial charge in [0.15, 0.2) is 12.2 Å². The van der Waals surface area contributed by atoms with Crippen LogP contribution in [0, 0.1) is 11.8 Å². The molecule has 19 heteroatoms. The maximum atomic E-state index is 13.1. The van der Waals surface area contributed by atoms with Crippen LogP contribution in [0.25, 0.3) is 0 Å². The second-order valence-electron chi connectivity index (χ2n) is 29.8. The number of ether oxygens (including phenoxy) is 4. The van der Waals surface area contributed by atoms with E-state index in [0.29, 0.717) is 31.6 Å². The number of allylic oxidation sites excluding steroid dienone is 4. The van der Waals surface area contributed by atoms with Crippen LogP contribution in [0.3, 0.4) is 0 Å². The Balaban J connectivity index is 5.25. The third-order valence-corrected chi connectivity index (χ3v) is 20.5. The lowest BCUT2D eigenvalue weighted by Crippen LogP contribution is -2.30. The highest BCUT2D eigenvalue weighted by molar-refractivity contribution is 7.47. The smallest absolute Gasteiger partial charge is 0.462 e. The molecule has 0 amide bonds. The Morgan fingerprint density at radius 2 is 0.535 bits per heavy atom. The third kappa shape index (κ3) is 75.6. The minimum atomic E-state index is -4.97. The third-order valence-electron chi connectivity index (χ3n) is 18.6. The predicted octanol–water partition coefficient (Wildman–Crippen LogP) is 24.2. The maximum absolute atomic E-state index is 13.1. The average Bonchev–Trinajstić information content (AvgIpc) is 0.930. The molecule has 0 rings (SSSR count). The zero-order valence-corrected chi connectivity index (χ0v) is 67.5. The summed E-state index contributed by atoms with van der Waals surface area (Å²) in [7, 11) is -9.93. The normalized spacial score (nSPS) is 14.0. The monoisotopic (exact) mass is 1480 g/mol. The quantitative estimate of drug-likeness (QED) is 0.0169. The summed E-state index contributed by atoms with van der Waals surface area (Å²) in [4.78, 5) is 73.0. The molecule has 0 aromatic rings. The predicted molar refractivity (Wildman–Crippen MR) is 414 cm³/mol. The van der Waals surface area contributed by atoms with Crippen molar-refractivity contribution in [1.82, 2.24) is 0 Å². The van der Waals surface area contributed by atoms with E-state index < -0.39 is 97.5 Å². The van der Waals surface area contributed by atoms with E-state index in [-0.39, 0.29) is 25.7 Å². The van der Waals surface area contributed by atoms with Gasteiger partial charge in [-0.05, 0) is 63.2 Å². The molecule has 0 aliphatic rings. The number of hydrogen-bond acceptors (Lipinski definition) is 15. The van der Waals surface area contributed by atoms with Crippen molar-refractivity contribution in [1.29, 1.82) is 0 Å². The highest BCUT2D eigenvalue weighted by Gasteiger charge is 2.30. The lowest BCUT2D eigenvalue weighted by atomic mass is 10.0. The van der Waals surface area contributed by atoms with E-state index in [4.69, 9.17) is 37.0 Å². The van der Waals surface area contributed by atoms with Gasteiger partial charge in [-0.15, -0.1) is 0 Å². The first-order valence-corrected chi connectivity index (χ1v) is 44.8. The van der Waals surface area contributed by atoms with E-state index in [2.05, 4.69) is 65.8 Å². The molecular formula is C82H156O17P2. The Labute approximate surface area is 618 Å². The van der Waals surface area contributed by atoms with E-state index in [0.717, 1.165) is 115 Å². The van der Waals surface area contributed by atoms with E-state index in [1.54, 1.807) is 0 Å². The van der Waals surface area contributed by atoms with Gasteiger partial charge in [-0.3, -0.25) is 37.3 Å². The summed E-state index contributed by atoms with van der Waals surface area (Å²) < 4.78 is 68.7. The fraction of sp³-hybridized carbons (Fsp3) is 0.902. The van der Waals surface area contributed by atoms with Gasteiger partial charge in [0, 0.05) is 25.7 Å². The number of aliphatic hydroxyl groups is 1. The van der Waals surface area contributed by atoms with E-state index in [1.807, 2.05) is 0 Å². The number of unbranched alkanes of at least 4 members (excludes halogenated alkanes) is 46. The van der Waals surface area contributed by atoms with Crippen molar-refractivity contribution in [2.45, 2.75) is 426 Å². The van der Waals surface area contributed by atoms with Crippen LogP contribution in [0.1, 0.15) is 408 Å². The van der Waals surface area contributed by atoms with Crippen molar-refractivity contribution >= 4 is 39.5 Å². The van der Waals surface area contributed by atoms with Crippen molar-refractivity contribution in [3.8, 4) is 0 Å². The summed E-state index contributed by atoms with van der Waals surface area (Å²) in [6, 6.07) is 0. The molecule has 3 N–H and O–H groups in total. The van der Waals surface area contributed by atoms with Crippen molar-refractivity contribution in [3.63, 3.8) is 0 Å². The van der Waals surface area contributed by atoms with Gasteiger partial charge in [0.1, 0.15) is 19.3 Å². The molecule has 0 saturated heterocycles. The molecule has 0 bridgehead atoms. The lowest BCUT2D eigenvalue weighted by molar-refractivity contribution is -0.161. The number of phosphoric acid groups is 2. The van der Waals surface area contributed by atoms with Gasteiger partial charge in [-0.2, -0.15) is 0 Å². The minimum Gasteiger partial charge on any atom is -0.462 e. The summed E-state index contributed by atoms with van der Waals surface area (Å²) in [6.45, 7) is 9.51. The van der Waals surface area contributed by atoms with Gasteiger partial charge in [0.2, 0.25) is 0 Å². The minimum absolute atomic E-state index is 0.0841. The van der Waals surface area contributed by atoms with Crippen molar-refractivity contribution < 1.29 is 80.2 Å². The molecule has 0 fully saturated rings. The molecule has 0 aromatic heterocycles. The van der Waals surface area contributed by atoms with Crippen LogP contribution in [0.15, 0.2) is 24.3 Å². The van der Waals surface area contributed by atoms with Crippen LogP contribution in [-0.2, 0) is 65.4 Å². The molecule has 5 atom stereocenters. The van der Waals surface area contributed by atoms with Gasteiger partial charge >= 0.3 is 39.5 Å². The summed E-state index contributed by atoms with van der Waals surface area (Å²) in [5.74, 6) is -0.667. The molecule has 0 saturated carbocycles. The van der Waals surface area contributed by atoms with Crippen molar-refractivity contribution in [2.75, 3.05) is 39.6 Å². The zero-order chi connectivity index (χ0) is 74.2. The fourth-order valence-electron chi connectivity index (χ4n) is 12.2. The Bertz CT molecular complexity index is 2040. The number of hydrogen-bond donors (Lipinski definition) is 3. The van der Waals surface area contributed by atoms with E-state index >= 15 is 0 Å². The first-order valence-electron chi connectivity index (χ1n) is 41.8. The maximum Gasteiger partial charge on any atom is 0.472 e. The molecule has 17 nitrogen and oxygen atoms in total. The molecule has 0 radical (unpaired) electrons. The van der Waals surface area contributed by atoms with Gasteiger partial charge in [-0.25, -0.2) is 9.13 Å². The van der Waals surface area contributed by atoms with Gasteiger partial charge in [0.25, 0.3) is 0 Å². The van der Waals surface area contributed by atoms with Crippen LogP contribution in [0.4, 0.5) is 0 Å². The van der Waals surface area contributed by atoms with Crippen molar-refractivity contribution in [2.24, 2.45) is 11.8 Å². The molecule has 596 valence electrons. The van der Waals surface area contributed by atoms with E-state index in [9.17, 15) is 43.2 Å². The number of rotatable bonds is 79. The first kappa shape index (κ1) is 98.5. The Hall–Kier alpha value is -2.46. The largest absolute Gasteiger partial charge is 0.472 e. The summed E-state index contributed by atoms with van der Waals surface area (Å²) in [5, 5.41) is 10.6. The molecular weight excluding hydrogens is 1320 g/mol. The second-order valence-corrected chi connectivity index (χ2v) is 32.7. The number of esters is 4. The Kier molecular flexibility index (Phi) is 71.3. The molecule has 0 aliphatic carbocycles. The number of carbonyl (C=O) groups is 4. The van der Waals surface area contributed by atoms with Crippen LogP contribution in [0.5, 0.6) is 0 Å². The average molecular weight is 1480 g/mol. The molecule has 0 aliphatic heterocycles. The summed E-state index contributed by atoms with van der Waals surface area (Å²) >= 11 is 0. The molecule has 0 heterocycles. The van der Waals surface area contributed by atoms with Crippen LogP contribution >= 0.6 is 15.6 Å². The van der Waals surface area contributed by atoms with Gasteiger partial charge < -0.3 is 33.8 Å². The van der Waals surface area contributed by atoms with Gasteiger partial charge in [-0.1, -0.05) is 355 Å². The number of carbonyl (C=O) groups excluding carboxylic acids is 4. The van der Waals surface area contributed by atoms with E-state index in [1.165, 1.54) is 205 Å². The highest BCUT2D eigenvalue weighted by Crippen LogP contribution is 2.45. The lowest BCUT2D eigenvalue weighted by Gasteiger charge is -2.21. The first-order chi connectivity index (χ1) is 48.9. The van der Waals surface area contributed by atoms with Crippen LogP contribution < -0.4 is 0 Å². The Morgan fingerprint density at radius 3 is 0.812 bits per heavy atom. The SMILES string of the molecule is CCCCCC/C=C\C=C/CCCCCCCC(=O)O[C@H](COC(=O)CCCCCCCCC(C)C)COP(=O)(O)OC[C@H](O)COP(=O)(O)OC[C@@H](COC(=O)CCCCCCCCCCCCCCCCC(C)C)OC(=O)CCCCCCCCCCCCCCCCCCCCCC. The topological polar surface area (TPSA) is 237 Å². The fourth-order valence-corrected chi connectivity index (χ4v) is 13.8. The van der Waals surface area contributed by atoms with Crippen LogP contribution in [-0.4, -0.2) is 96.7 Å². The summed E-state index contributed by atoms with van der Waals surface area (Å²) in [6.07, 6.45) is 66.3. The standard InChI is InChI=1S/C82H156O17P2/c1-7-9-11-13-15-17-19-21-23-24-25-26-27-29-35-39-43-47-55-61-66-81(86)98-77(70-92-79(84)64-58-52-45-41-37-33-31-30-32-36-40-44-50-56-62-74(3)4)72-96-100(88,89)94-68-76(83)69-95-101(90,91)97-73-78(71-93-80(85)65-59-53-49-48-51-57-63-75(5)6)99-82(87)67-60-54-46-42-38-34-28-22-20-18-16-14-12-10-8-2/h18,20,22,28,74-78,83H,7-17,19,21,23-27,29-73H2,1-6H3,(H,88,89)(H,90,91)/b20-18-,28-22-/t76-,77-,78-/m1/s1. The molecule has 0 spiro atoms. The summed E-state index contributed by atoms with van der Waals surface area (Å²) in [5.41, 5.74) is 0. The second kappa shape index (κ2) is 73.1. The highest BCUT2D eigenvalue weighted by atomic mass is 31.2. The van der Waals surface area contributed by atoms with Crippen molar-refractivity contribution in [3.05, 3.63) is 24.3 Å². The number of aliphatic hydroxyl groups excluding tert-OH is 1. The van der Waals surface area contributed by atoms with Crippen LogP contribution in [0.2, 0.25) is 0 Å². The number of phosphoric ester groups is 2. The molecule has 0 aromatic carbocycles. The Morgan fingerprint density at radius 1 is 0.307 bits per heavy atom. The zero-order valence-electron chi connectivity index (χ0n) is 65.7. The molecule has 2 unspecified atom stereocenters.